The first-order chi connectivity index (χ1) is 9.83. The van der Waals surface area contributed by atoms with Crippen LogP contribution in [0.4, 0.5) is 0 Å². The molecule has 0 radical (unpaired) electrons. The van der Waals surface area contributed by atoms with Crippen molar-refractivity contribution >= 4 is 33.0 Å². The normalized spacial score (nSPS) is 15.4. The molecule has 1 aromatic heterocycles. The van der Waals surface area contributed by atoms with Gasteiger partial charge >= 0.3 is 0 Å². The number of fused-ring (bicyclic) bond motifs is 2. The van der Waals surface area contributed by atoms with Crippen molar-refractivity contribution in [2.24, 2.45) is 0 Å². The second-order valence-corrected chi connectivity index (χ2v) is 6.78. The summed E-state index contributed by atoms with van der Waals surface area (Å²) in [5.41, 5.74) is 5.47. The van der Waals surface area contributed by atoms with Crippen LogP contribution in [-0.2, 0) is 12.8 Å². The van der Waals surface area contributed by atoms with E-state index in [1.807, 2.05) is 0 Å². The minimum atomic E-state index is -0.0444. The van der Waals surface area contributed by atoms with E-state index in [4.69, 9.17) is 11.6 Å². The van der Waals surface area contributed by atoms with E-state index >= 15 is 0 Å². The van der Waals surface area contributed by atoms with E-state index in [1.54, 1.807) is 11.3 Å². The molecule has 2 heteroatoms. The minimum Gasteiger partial charge on any atom is -0.143 e. The number of hydrogen-bond acceptors (Lipinski definition) is 1. The number of alkyl halides is 1. The fourth-order valence-electron chi connectivity index (χ4n) is 3.12. The van der Waals surface area contributed by atoms with Gasteiger partial charge in [0.1, 0.15) is 0 Å². The van der Waals surface area contributed by atoms with Crippen molar-refractivity contribution in [2.75, 3.05) is 0 Å². The average molecular weight is 299 g/mol. The van der Waals surface area contributed by atoms with Gasteiger partial charge in [-0.25, -0.2) is 0 Å². The number of aryl methyl sites for hydroxylation is 2. The molecule has 100 valence electrons. The van der Waals surface area contributed by atoms with E-state index in [1.165, 1.54) is 51.6 Å². The molecule has 1 unspecified atom stereocenters. The van der Waals surface area contributed by atoms with Crippen LogP contribution in [0.2, 0.25) is 0 Å². The van der Waals surface area contributed by atoms with Crippen LogP contribution in [0.5, 0.6) is 0 Å². The third-order valence-electron chi connectivity index (χ3n) is 4.20. The molecule has 1 atom stereocenters. The molecule has 0 aliphatic heterocycles. The molecule has 1 aliphatic rings. The maximum atomic E-state index is 6.76. The molecule has 2 aromatic carbocycles. The van der Waals surface area contributed by atoms with Gasteiger partial charge in [-0.1, -0.05) is 36.4 Å². The van der Waals surface area contributed by atoms with E-state index in [2.05, 4.69) is 47.8 Å². The van der Waals surface area contributed by atoms with Gasteiger partial charge in [0.15, 0.2) is 0 Å². The van der Waals surface area contributed by atoms with Gasteiger partial charge < -0.3 is 0 Å². The maximum absolute atomic E-state index is 6.76. The van der Waals surface area contributed by atoms with Crippen molar-refractivity contribution in [1.82, 2.24) is 0 Å². The van der Waals surface area contributed by atoms with Gasteiger partial charge in [-0.2, -0.15) is 0 Å². The van der Waals surface area contributed by atoms with Gasteiger partial charge in [0.2, 0.25) is 0 Å². The first-order valence-corrected chi connectivity index (χ1v) is 8.36. The van der Waals surface area contributed by atoms with Crippen LogP contribution in [0.25, 0.3) is 10.1 Å². The second kappa shape index (κ2) is 4.91. The van der Waals surface area contributed by atoms with Crippen molar-refractivity contribution in [3.63, 3.8) is 0 Å². The van der Waals surface area contributed by atoms with Gasteiger partial charge in [-0.05, 0) is 58.3 Å². The molecular weight excluding hydrogens is 284 g/mol. The fraction of sp³-hybridized carbons (Fsp3) is 0.222. The monoisotopic (exact) mass is 298 g/mol. The molecule has 1 aliphatic carbocycles. The molecule has 0 fully saturated rings. The summed E-state index contributed by atoms with van der Waals surface area (Å²) in [7, 11) is 0. The Labute approximate surface area is 128 Å². The smallest absolute Gasteiger partial charge is 0.0849 e. The first-order valence-electron chi connectivity index (χ1n) is 7.05. The summed E-state index contributed by atoms with van der Waals surface area (Å²) in [4.78, 5) is 0. The predicted octanol–water partition coefficient (Wildman–Crippen LogP) is 5.72. The van der Waals surface area contributed by atoms with Crippen LogP contribution >= 0.6 is 22.9 Å². The number of rotatable bonds is 2. The quantitative estimate of drug-likeness (QED) is 0.531. The Bertz CT molecular complexity index is 772. The topological polar surface area (TPSA) is 0 Å². The van der Waals surface area contributed by atoms with Crippen LogP contribution in [-0.4, -0.2) is 0 Å². The lowest BCUT2D eigenvalue weighted by Crippen LogP contribution is -1.94. The van der Waals surface area contributed by atoms with E-state index in [9.17, 15) is 0 Å². The van der Waals surface area contributed by atoms with Gasteiger partial charge in [0.25, 0.3) is 0 Å². The van der Waals surface area contributed by atoms with Gasteiger partial charge in [0, 0.05) is 4.70 Å². The molecule has 4 rings (SSSR count). The largest absolute Gasteiger partial charge is 0.143 e. The first kappa shape index (κ1) is 12.4. The van der Waals surface area contributed by atoms with Crippen molar-refractivity contribution in [1.29, 1.82) is 0 Å². The summed E-state index contributed by atoms with van der Waals surface area (Å²) in [5.74, 6) is 0. The van der Waals surface area contributed by atoms with Crippen molar-refractivity contribution in [3.05, 3.63) is 70.1 Å². The number of hydrogen-bond donors (Lipinski definition) is 0. The fourth-order valence-corrected chi connectivity index (χ4v) is 4.50. The van der Waals surface area contributed by atoms with E-state index in [-0.39, 0.29) is 5.38 Å². The van der Waals surface area contributed by atoms with E-state index in [0.717, 1.165) is 0 Å². The van der Waals surface area contributed by atoms with Gasteiger partial charge in [0.05, 0.1) is 5.38 Å². The molecule has 1 heterocycles. The van der Waals surface area contributed by atoms with Crippen LogP contribution in [0, 0.1) is 0 Å². The Morgan fingerprint density at radius 3 is 2.80 bits per heavy atom. The number of benzene rings is 2. The molecular formula is C18H15ClS. The van der Waals surface area contributed by atoms with Crippen molar-refractivity contribution in [2.45, 2.75) is 24.6 Å². The standard InChI is InChI=1S/C18H15ClS/c19-18(14-9-8-12-4-3-5-13(12)10-14)16-11-20-17-7-2-1-6-15(16)17/h1-2,6-11,18H,3-5H2. The lowest BCUT2D eigenvalue weighted by molar-refractivity contribution is 0.911. The Balaban J connectivity index is 1.78. The summed E-state index contributed by atoms with van der Waals surface area (Å²) in [6, 6.07) is 15.3. The maximum Gasteiger partial charge on any atom is 0.0849 e. The lowest BCUT2D eigenvalue weighted by Gasteiger charge is -2.11. The van der Waals surface area contributed by atoms with E-state index < -0.39 is 0 Å². The Morgan fingerprint density at radius 2 is 1.85 bits per heavy atom. The zero-order chi connectivity index (χ0) is 13.5. The minimum absolute atomic E-state index is 0.0444. The summed E-state index contributed by atoms with van der Waals surface area (Å²) in [5, 5.41) is 3.45. The number of halogens is 1. The van der Waals surface area contributed by atoms with Gasteiger partial charge in [-0.15, -0.1) is 22.9 Å². The second-order valence-electron chi connectivity index (χ2n) is 5.43. The molecule has 0 bridgehead atoms. The highest BCUT2D eigenvalue weighted by Crippen LogP contribution is 2.38. The van der Waals surface area contributed by atoms with Crippen LogP contribution in [0.3, 0.4) is 0 Å². The van der Waals surface area contributed by atoms with Crippen LogP contribution in [0.1, 0.15) is 34.1 Å². The SMILES string of the molecule is ClC(c1ccc2c(c1)CCC2)c1csc2ccccc12. The molecule has 3 aromatic rings. The summed E-state index contributed by atoms with van der Waals surface area (Å²) >= 11 is 8.54. The Hall–Kier alpha value is -1.31. The zero-order valence-corrected chi connectivity index (χ0v) is 12.7. The molecule has 20 heavy (non-hydrogen) atoms. The summed E-state index contributed by atoms with van der Waals surface area (Å²) < 4.78 is 1.31. The Morgan fingerprint density at radius 1 is 1.00 bits per heavy atom. The molecule has 0 N–H and O–H groups in total. The zero-order valence-electron chi connectivity index (χ0n) is 11.1. The van der Waals surface area contributed by atoms with Crippen LogP contribution in [0.15, 0.2) is 47.8 Å². The third kappa shape index (κ3) is 1.97. The highest BCUT2D eigenvalue weighted by atomic mass is 35.5. The molecule has 0 saturated heterocycles. The number of thiophene rings is 1. The molecule has 0 saturated carbocycles. The third-order valence-corrected chi connectivity index (χ3v) is 5.67. The molecule has 0 spiro atoms. The molecule has 0 nitrogen and oxygen atoms in total. The predicted molar refractivity (Wildman–Crippen MR) is 88.0 cm³/mol. The average Bonchev–Trinajstić information content (AvgIpc) is 3.12. The molecule has 0 amide bonds. The Kier molecular flexibility index (Phi) is 3.05. The summed E-state index contributed by atoms with van der Waals surface area (Å²) in [6.45, 7) is 0. The summed E-state index contributed by atoms with van der Waals surface area (Å²) in [6.07, 6.45) is 3.72. The lowest BCUT2D eigenvalue weighted by atomic mass is 10.00. The highest BCUT2D eigenvalue weighted by molar-refractivity contribution is 7.17. The van der Waals surface area contributed by atoms with Crippen molar-refractivity contribution < 1.29 is 0 Å². The highest BCUT2D eigenvalue weighted by Gasteiger charge is 2.18. The van der Waals surface area contributed by atoms with Crippen LogP contribution < -0.4 is 0 Å². The van der Waals surface area contributed by atoms with E-state index in [0.29, 0.717) is 0 Å². The van der Waals surface area contributed by atoms with Crippen molar-refractivity contribution in [3.8, 4) is 0 Å². The van der Waals surface area contributed by atoms with Gasteiger partial charge in [-0.3, -0.25) is 0 Å².